The molecule has 8 nitrogen and oxygen atoms in total. The van der Waals surface area contributed by atoms with Crippen molar-refractivity contribution in [1.29, 1.82) is 5.26 Å². The second kappa shape index (κ2) is 9.08. The average molecular weight is 471 g/mol. The van der Waals surface area contributed by atoms with E-state index < -0.39 is 5.91 Å². The highest BCUT2D eigenvalue weighted by Crippen LogP contribution is 2.36. The van der Waals surface area contributed by atoms with Gasteiger partial charge in [-0.05, 0) is 68.1 Å². The van der Waals surface area contributed by atoms with Crippen LogP contribution in [0.5, 0.6) is 0 Å². The van der Waals surface area contributed by atoms with Crippen LogP contribution in [0.1, 0.15) is 56.6 Å². The molecule has 3 N–H and O–H groups in total. The SMILES string of the molecule is N#Cc1ccc(C(=O)N[C@@H]2CCC[C@H](n3c(-c4ccccn4)nc4cc(C(N)=O)ccc43)C2)s1. The maximum atomic E-state index is 12.8. The predicted octanol–water partition coefficient (Wildman–Crippen LogP) is 4.04. The molecule has 2 atom stereocenters. The summed E-state index contributed by atoms with van der Waals surface area (Å²) in [4.78, 5) is 34.9. The summed E-state index contributed by atoms with van der Waals surface area (Å²) in [5.74, 6) is 0.0826. The van der Waals surface area contributed by atoms with E-state index in [0.29, 0.717) is 20.8 Å². The molecule has 1 aromatic carbocycles. The normalized spacial score (nSPS) is 17.9. The Labute approximate surface area is 200 Å². The molecule has 170 valence electrons. The molecule has 1 aliphatic carbocycles. The Kier molecular flexibility index (Phi) is 5.82. The van der Waals surface area contributed by atoms with E-state index in [2.05, 4.69) is 20.9 Å². The number of fused-ring (bicyclic) bond motifs is 1. The topological polar surface area (TPSA) is 127 Å². The number of primary amides is 1. The molecule has 0 bridgehead atoms. The summed E-state index contributed by atoms with van der Waals surface area (Å²) in [7, 11) is 0. The molecule has 5 rings (SSSR count). The van der Waals surface area contributed by atoms with Crippen molar-refractivity contribution in [2.24, 2.45) is 5.73 Å². The Morgan fingerprint density at radius 2 is 2.06 bits per heavy atom. The molecular formula is C25H22N6O2S. The molecule has 0 spiro atoms. The van der Waals surface area contributed by atoms with Crippen molar-refractivity contribution >= 4 is 34.2 Å². The van der Waals surface area contributed by atoms with Gasteiger partial charge < -0.3 is 15.6 Å². The highest BCUT2D eigenvalue weighted by molar-refractivity contribution is 7.14. The zero-order chi connectivity index (χ0) is 23.7. The number of rotatable bonds is 5. The molecule has 34 heavy (non-hydrogen) atoms. The van der Waals surface area contributed by atoms with E-state index in [0.717, 1.165) is 42.7 Å². The van der Waals surface area contributed by atoms with E-state index in [1.165, 1.54) is 11.3 Å². The number of hydrogen-bond acceptors (Lipinski definition) is 6. The lowest BCUT2D eigenvalue weighted by atomic mass is 9.90. The van der Waals surface area contributed by atoms with Gasteiger partial charge in [0.1, 0.15) is 16.6 Å². The quantitative estimate of drug-likeness (QED) is 0.455. The number of pyridine rings is 1. The maximum Gasteiger partial charge on any atom is 0.261 e. The second-order valence-corrected chi connectivity index (χ2v) is 9.44. The molecule has 1 saturated carbocycles. The Balaban J connectivity index is 1.48. The van der Waals surface area contributed by atoms with Crippen LogP contribution in [0.3, 0.4) is 0 Å². The summed E-state index contributed by atoms with van der Waals surface area (Å²) < 4.78 is 2.18. The number of imidazole rings is 1. The van der Waals surface area contributed by atoms with Crippen LogP contribution < -0.4 is 11.1 Å². The third-order valence-electron chi connectivity index (χ3n) is 6.15. The van der Waals surface area contributed by atoms with Crippen LogP contribution in [0.4, 0.5) is 0 Å². The van der Waals surface area contributed by atoms with Crippen molar-refractivity contribution in [3.63, 3.8) is 0 Å². The average Bonchev–Trinajstić information content (AvgIpc) is 3.49. The molecule has 2 amide bonds. The van der Waals surface area contributed by atoms with Gasteiger partial charge in [-0.15, -0.1) is 11.3 Å². The van der Waals surface area contributed by atoms with Gasteiger partial charge in [0, 0.05) is 23.8 Å². The number of carbonyl (C=O) groups excluding carboxylic acids is 2. The van der Waals surface area contributed by atoms with Crippen LogP contribution in [0.25, 0.3) is 22.6 Å². The summed E-state index contributed by atoms with van der Waals surface area (Å²) in [5, 5.41) is 12.2. The van der Waals surface area contributed by atoms with Crippen LogP contribution in [0.15, 0.2) is 54.7 Å². The molecule has 1 fully saturated rings. The summed E-state index contributed by atoms with van der Waals surface area (Å²) >= 11 is 1.20. The summed E-state index contributed by atoms with van der Waals surface area (Å²) in [6.07, 6.45) is 5.24. The van der Waals surface area contributed by atoms with Gasteiger partial charge in [-0.3, -0.25) is 14.6 Å². The second-order valence-electron chi connectivity index (χ2n) is 8.35. The first kappa shape index (κ1) is 21.8. The number of nitrogens with zero attached hydrogens (tertiary/aromatic N) is 4. The van der Waals surface area contributed by atoms with Crippen molar-refractivity contribution in [3.05, 3.63) is 70.0 Å². The van der Waals surface area contributed by atoms with Gasteiger partial charge in [-0.1, -0.05) is 6.07 Å². The third-order valence-corrected chi connectivity index (χ3v) is 7.14. The summed E-state index contributed by atoms with van der Waals surface area (Å²) in [6.45, 7) is 0. The zero-order valence-electron chi connectivity index (χ0n) is 18.3. The molecule has 1 aliphatic rings. The van der Waals surface area contributed by atoms with Crippen molar-refractivity contribution in [2.75, 3.05) is 0 Å². The lowest BCUT2D eigenvalue weighted by molar-refractivity contribution is 0.0924. The van der Waals surface area contributed by atoms with Gasteiger partial charge in [0.15, 0.2) is 5.82 Å². The third kappa shape index (κ3) is 4.16. The molecule has 9 heteroatoms. The van der Waals surface area contributed by atoms with Gasteiger partial charge in [0.25, 0.3) is 5.91 Å². The van der Waals surface area contributed by atoms with Gasteiger partial charge >= 0.3 is 0 Å². The van der Waals surface area contributed by atoms with E-state index in [9.17, 15) is 9.59 Å². The smallest absolute Gasteiger partial charge is 0.261 e. The monoisotopic (exact) mass is 470 g/mol. The highest BCUT2D eigenvalue weighted by Gasteiger charge is 2.29. The van der Waals surface area contributed by atoms with Gasteiger partial charge in [-0.2, -0.15) is 5.26 Å². The number of amides is 2. The van der Waals surface area contributed by atoms with Gasteiger partial charge in [-0.25, -0.2) is 4.98 Å². The fraction of sp³-hybridized carbons (Fsp3) is 0.240. The molecule has 3 heterocycles. The zero-order valence-corrected chi connectivity index (χ0v) is 19.1. The minimum absolute atomic E-state index is 0.00203. The van der Waals surface area contributed by atoms with Gasteiger partial charge in [0.2, 0.25) is 5.91 Å². The number of hydrogen-bond donors (Lipinski definition) is 2. The van der Waals surface area contributed by atoms with Crippen LogP contribution in [-0.4, -0.2) is 32.4 Å². The molecule has 0 saturated heterocycles. The molecule has 0 radical (unpaired) electrons. The van der Waals surface area contributed by atoms with Crippen LogP contribution >= 0.6 is 11.3 Å². The summed E-state index contributed by atoms with van der Waals surface area (Å²) in [5.41, 5.74) is 8.22. The number of nitrogens with two attached hydrogens (primary N) is 1. The predicted molar refractivity (Wildman–Crippen MR) is 129 cm³/mol. The van der Waals surface area contributed by atoms with Crippen LogP contribution in [0.2, 0.25) is 0 Å². The Bertz CT molecular complexity index is 1420. The molecular weight excluding hydrogens is 448 g/mol. The van der Waals surface area contributed by atoms with Crippen molar-refractivity contribution in [1.82, 2.24) is 19.9 Å². The summed E-state index contributed by atoms with van der Waals surface area (Å²) in [6, 6.07) is 16.5. The Hall–Kier alpha value is -4.03. The maximum absolute atomic E-state index is 12.8. The molecule has 3 aromatic heterocycles. The minimum atomic E-state index is -0.496. The van der Waals surface area contributed by atoms with Crippen LogP contribution in [0, 0.1) is 11.3 Å². The van der Waals surface area contributed by atoms with Crippen molar-refractivity contribution in [2.45, 2.75) is 37.8 Å². The number of benzene rings is 1. The minimum Gasteiger partial charge on any atom is -0.366 e. The van der Waals surface area contributed by atoms with E-state index >= 15 is 0 Å². The molecule has 0 aliphatic heterocycles. The van der Waals surface area contributed by atoms with E-state index in [4.69, 9.17) is 16.0 Å². The number of nitrogens with one attached hydrogen (secondary N) is 1. The van der Waals surface area contributed by atoms with E-state index in [1.54, 1.807) is 30.5 Å². The first-order chi connectivity index (χ1) is 16.5. The number of thiophene rings is 1. The first-order valence-electron chi connectivity index (χ1n) is 11.1. The Morgan fingerprint density at radius 1 is 1.18 bits per heavy atom. The molecule has 0 unspecified atom stereocenters. The highest BCUT2D eigenvalue weighted by atomic mass is 32.1. The number of aromatic nitrogens is 3. The van der Waals surface area contributed by atoms with Crippen molar-refractivity contribution in [3.8, 4) is 17.6 Å². The fourth-order valence-electron chi connectivity index (χ4n) is 4.60. The number of carbonyl (C=O) groups is 2. The van der Waals surface area contributed by atoms with E-state index in [1.807, 2.05) is 24.3 Å². The fourth-order valence-corrected chi connectivity index (χ4v) is 5.31. The Morgan fingerprint density at radius 3 is 2.79 bits per heavy atom. The largest absolute Gasteiger partial charge is 0.366 e. The standard InChI is InChI=1S/C25H22N6O2S/c26-14-18-8-10-22(34-18)25(33)29-16-4-3-5-17(13-16)31-21-9-7-15(23(27)32)12-20(21)30-24(31)19-6-1-2-11-28-19/h1-2,6-12,16-17H,3-5,13H2,(H2,27,32)(H,29,33)/t16-,17+/m1/s1. The number of nitriles is 1. The van der Waals surface area contributed by atoms with Crippen molar-refractivity contribution < 1.29 is 9.59 Å². The van der Waals surface area contributed by atoms with Crippen LogP contribution in [-0.2, 0) is 0 Å². The molecule has 4 aromatic rings. The lowest BCUT2D eigenvalue weighted by Gasteiger charge is -2.31. The van der Waals surface area contributed by atoms with E-state index in [-0.39, 0.29) is 18.0 Å². The lowest BCUT2D eigenvalue weighted by Crippen LogP contribution is -2.38. The van der Waals surface area contributed by atoms with Gasteiger partial charge in [0.05, 0.1) is 15.9 Å². The first-order valence-corrected chi connectivity index (χ1v) is 11.9.